The first-order valence-electron chi connectivity index (χ1n) is 24.0. The van der Waals surface area contributed by atoms with Crippen LogP contribution in [0.5, 0.6) is 11.5 Å². The number of hydrogen-bond acceptors (Lipinski definition) is 12. The van der Waals surface area contributed by atoms with E-state index < -0.39 is 58.5 Å². The molecule has 3 N–H and O–H groups in total. The summed E-state index contributed by atoms with van der Waals surface area (Å²) in [4.78, 5) is 29.2. The highest BCUT2D eigenvalue weighted by Crippen LogP contribution is 2.41. The number of carbonyl (C=O) groups excluding carboxylic acids is 1. The number of H-pyrrole nitrogens is 1. The van der Waals surface area contributed by atoms with Crippen molar-refractivity contribution in [3.05, 3.63) is 192 Å². The van der Waals surface area contributed by atoms with Crippen LogP contribution in [0.4, 0.5) is 26.3 Å². The van der Waals surface area contributed by atoms with E-state index in [2.05, 4.69) is 30.1 Å². The van der Waals surface area contributed by atoms with Crippen LogP contribution in [0.15, 0.2) is 158 Å². The molecule has 14 nitrogen and oxygen atoms in total. The van der Waals surface area contributed by atoms with Crippen molar-refractivity contribution < 1.29 is 55.6 Å². The van der Waals surface area contributed by atoms with Crippen LogP contribution >= 0.6 is 0 Å². The number of esters is 1. The van der Waals surface area contributed by atoms with E-state index in [1.54, 1.807) is 95.9 Å². The number of pyridine rings is 4. The maximum Gasteiger partial charge on any atom is 0.418 e. The Hall–Kier alpha value is -9.01. The van der Waals surface area contributed by atoms with Gasteiger partial charge in [-0.3, -0.25) is 19.9 Å². The molecule has 0 aliphatic heterocycles. The zero-order valence-electron chi connectivity index (χ0n) is 42.3. The summed E-state index contributed by atoms with van der Waals surface area (Å²) in [5.74, 6) is 0.847. The number of halogens is 6. The lowest BCUT2D eigenvalue weighted by Crippen LogP contribution is -2.24. The van der Waals surface area contributed by atoms with Gasteiger partial charge in [-0.2, -0.15) is 36.5 Å². The maximum atomic E-state index is 13.6. The first kappa shape index (κ1) is 53.8. The predicted octanol–water partition coefficient (Wildman–Crippen LogP) is 12.6. The first-order chi connectivity index (χ1) is 37.2. The monoisotopic (exact) mass is 1070 g/mol. The molecular formula is C58H48F6N8O6. The van der Waals surface area contributed by atoms with Gasteiger partial charge in [-0.1, -0.05) is 60.7 Å². The van der Waals surface area contributed by atoms with Gasteiger partial charge in [0.1, 0.15) is 29.4 Å². The number of aromatic nitrogens is 8. The number of aliphatic hydroxyl groups is 2. The first-order valence-corrected chi connectivity index (χ1v) is 24.0. The number of methoxy groups -OCH3 is 2. The van der Waals surface area contributed by atoms with Crippen molar-refractivity contribution in [1.29, 1.82) is 0 Å². The summed E-state index contributed by atoms with van der Waals surface area (Å²) >= 11 is 0. The molecule has 0 saturated heterocycles. The van der Waals surface area contributed by atoms with Gasteiger partial charge in [0, 0.05) is 57.8 Å². The van der Waals surface area contributed by atoms with E-state index in [1.807, 2.05) is 54.6 Å². The fourth-order valence-corrected chi connectivity index (χ4v) is 8.64. The molecule has 6 heterocycles. The molecule has 2 atom stereocenters. The molecule has 0 bridgehead atoms. The zero-order chi connectivity index (χ0) is 55.5. The van der Waals surface area contributed by atoms with Crippen LogP contribution in [0, 0.1) is 5.41 Å². The number of nitrogens with one attached hydrogen (secondary N) is 1. The Kier molecular flexibility index (Phi) is 15.1. The highest BCUT2D eigenvalue weighted by Gasteiger charge is 2.37. The normalized spacial score (nSPS) is 12.7. The molecular weight excluding hydrogens is 1020 g/mol. The average molecular weight is 1070 g/mol. The quantitative estimate of drug-likeness (QED) is 0.0778. The Morgan fingerprint density at radius 3 is 1.65 bits per heavy atom. The number of ether oxygens (including phenoxy) is 3. The molecule has 10 aromatic rings. The van der Waals surface area contributed by atoms with Crippen LogP contribution in [0.2, 0.25) is 0 Å². The third-order valence-electron chi connectivity index (χ3n) is 12.5. The summed E-state index contributed by atoms with van der Waals surface area (Å²) in [6.07, 6.45) is -6.81. The van der Waals surface area contributed by atoms with E-state index in [9.17, 15) is 41.4 Å². The van der Waals surface area contributed by atoms with Crippen LogP contribution in [0.1, 0.15) is 66.6 Å². The van der Waals surface area contributed by atoms with Gasteiger partial charge in [0.05, 0.1) is 47.8 Å². The van der Waals surface area contributed by atoms with E-state index >= 15 is 0 Å². The molecule has 0 radical (unpaired) electrons. The van der Waals surface area contributed by atoms with E-state index in [1.165, 1.54) is 35.3 Å². The SMILES string of the molecule is COc1ccccc1-c1[nH]nc2ncc(-c3cccc(C(O)c4ncccc4C(F)(F)F)c3)cc12.COc1ccccc1-c1nn(COC(=O)C(C)(C)C)c2ncc(-c3cccc(C(O)c4ncccc4C(F)(F)F)c3)cc12. The fourth-order valence-electron chi connectivity index (χ4n) is 8.64. The highest BCUT2D eigenvalue weighted by molar-refractivity contribution is 5.96. The second-order valence-electron chi connectivity index (χ2n) is 18.8. The molecule has 20 heteroatoms. The molecule has 0 amide bonds. The Balaban J connectivity index is 0.000000193. The Morgan fingerprint density at radius 1 is 0.603 bits per heavy atom. The zero-order valence-corrected chi connectivity index (χ0v) is 42.3. The van der Waals surface area contributed by atoms with E-state index in [0.717, 1.165) is 28.8 Å². The summed E-state index contributed by atoms with van der Waals surface area (Å²) in [5, 5.41) is 35.1. The second kappa shape index (κ2) is 21.9. The minimum Gasteiger partial charge on any atom is -0.496 e. The Bertz CT molecular complexity index is 3800. The number of nitrogens with zero attached hydrogens (tertiary/aromatic N) is 7. The Morgan fingerprint density at radius 2 is 1.12 bits per heavy atom. The summed E-state index contributed by atoms with van der Waals surface area (Å²) in [6.45, 7) is 5.10. The largest absolute Gasteiger partial charge is 0.496 e. The molecule has 398 valence electrons. The lowest BCUT2D eigenvalue weighted by molar-refractivity contribution is -0.157. The third-order valence-corrected chi connectivity index (χ3v) is 12.5. The lowest BCUT2D eigenvalue weighted by Gasteiger charge is -2.17. The molecule has 6 aromatic heterocycles. The van der Waals surface area contributed by atoms with Crippen LogP contribution in [-0.2, 0) is 28.6 Å². The average Bonchev–Trinajstić information content (AvgIpc) is 4.09. The molecule has 0 aliphatic carbocycles. The van der Waals surface area contributed by atoms with Crippen molar-refractivity contribution in [2.45, 2.75) is 52.1 Å². The number of aromatic amines is 1. The van der Waals surface area contributed by atoms with E-state index in [0.29, 0.717) is 61.7 Å². The minimum absolute atomic E-state index is 0.165. The smallest absolute Gasteiger partial charge is 0.418 e. The number of aliphatic hydroxyl groups excluding tert-OH is 2. The molecule has 0 fully saturated rings. The number of fused-ring (bicyclic) bond motifs is 2. The van der Waals surface area contributed by atoms with E-state index in [-0.39, 0.29) is 17.9 Å². The van der Waals surface area contributed by atoms with Crippen molar-refractivity contribution in [3.8, 4) is 56.3 Å². The minimum atomic E-state index is -4.67. The summed E-state index contributed by atoms with van der Waals surface area (Å²) in [7, 11) is 3.14. The van der Waals surface area contributed by atoms with Gasteiger partial charge in [-0.25, -0.2) is 14.6 Å². The van der Waals surface area contributed by atoms with Crippen molar-refractivity contribution in [3.63, 3.8) is 0 Å². The van der Waals surface area contributed by atoms with Crippen LogP contribution in [0.25, 0.3) is 66.8 Å². The van der Waals surface area contributed by atoms with Gasteiger partial charge >= 0.3 is 18.3 Å². The number of alkyl halides is 6. The number of rotatable bonds is 12. The van der Waals surface area contributed by atoms with Gasteiger partial charge in [0.2, 0.25) is 0 Å². The van der Waals surface area contributed by atoms with Gasteiger partial charge < -0.3 is 24.4 Å². The standard InChI is InChI=1S/C32H29F3N4O4.C26H19F3N4O2/c1-31(2,3)30(41)43-18-39-29-23(26(38-39)22-11-5-6-13-25(22)42-4)16-21(17-37-29)19-9-7-10-20(15-19)28(40)27-24(32(33,34)35)12-8-14-36-27;1-35-21-10-3-2-8-18(21)22-19-13-17(14-31-25(19)33-32-22)15-6-4-7-16(12-15)24(34)23-20(26(27,28)29)9-5-11-30-23/h5-17,28,40H,18H2,1-4H3;2-14,24,34H,1H3,(H,31,32,33). The van der Waals surface area contributed by atoms with E-state index in [4.69, 9.17) is 19.3 Å². The van der Waals surface area contributed by atoms with Crippen LogP contribution in [0.3, 0.4) is 0 Å². The van der Waals surface area contributed by atoms with Crippen LogP contribution in [-0.4, -0.2) is 70.3 Å². The fraction of sp³-hybridized carbons (Fsp3) is 0.190. The third kappa shape index (κ3) is 11.3. The lowest BCUT2D eigenvalue weighted by atomic mass is 9.97. The molecule has 0 aliphatic rings. The van der Waals surface area contributed by atoms with Crippen molar-refractivity contribution in [2.24, 2.45) is 5.41 Å². The molecule has 78 heavy (non-hydrogen) atoms. The topological polar surface area (TPSA) is 183 Å². The summed E-state index contributed by atoms with van der Waals surface area (Å²) in [5.41, 5.74) is 3.25. The van der Waals surface area contributed by atoms with Gasteiger partial charge in [-0.05, 0) is 116 Å². The van der Waals surface area contributed by atoms with Gasteiger partial charge in [0.25, 0.3) is 0 Å². The molecule has 10 rings (SSSR count). The molecule has 0 saturated carbocycles. The predicted molar refractivity (Wildman–Crippen MR) is 278 cm³/mol. The van der Waals surface area contributed by atoms with Crippen LogP contribution < -0.4 is 9.47 Å². The molecule has 2 unspecified atom stereocenters. The van der Waals surface area contributed by atoms with Gasteiger partial charge in [0.15, 0.2) is 18.0 Å². The van der Waals surface area contributed by atoms with Crippen molar-refractivity contribution in [1.82, 2.24) is 39.9 Å². The Labute approximate surface area is 442 Å². The molecule has 4 aromatic carbocycles. The van der Waals surface area contributed by atoms with Crippen molar-refractivity contribution in [2.75, 3.05) is 14.2 Å². The molecule has 0 spiro atoms. The number of hydrogen-bond donors (Lipinski definition) is 3. The number of benzene rings is 4. The number of para-hydroxylation sites is 2. The van der Waals surface area contributed by atoms with Gasteiger partial charge in [-0.15, -0.1) is 0 Å². The second-order valence-corrected chi connectivity index (χ2v) is 18.8. The highest BCUT2D eigenvalue weighted by atomic mass is 19.4. The summed E-state index contributed by atoms with van der Waals surface area (Å²) < 4.78 is 99.2. The number of carbonyl (C=O) groups is 1. The maximum absolute atomic E-state index is 13.6. The summed E-state index contributed by atoms with van der Waals surface area (Å²) in [6, 6.07) is 35.9. The van der Waals surface area contributed by atoms with Crippen molar-refractivity contribution >= 4 is 28.0 Å².